The molecule has 3 rings (SSSR count). The fourth-order valence-electron chi connectivity index (χ4n) is 2.67. The van der Waals surface area contributed by atoms with Gasteiger partial charge in [-0.05, 0) is 55.9 Å². The van der Waals surface area contributed by atoms with E-state index in [-0.39, 0.29) is 17.7 Å². The van der Waals surface area contributed by atoms with E-state index in [1.807, 2.05) is 6.92 Å². The summed E-state index contributed by atoms with van der Waals surface area (Å²) in [5, 5.41) is 19.6. The second-order valence-corrected chi connectivity index (χ2v) is 8.95. The van der Waals surface area contributed by atoms with E-state index in [9.17, 15) is 32.8 Å². The molecule has 0 aromatic heterocycles. The van der Waals surface area contributed by atoms with Crippen molar-refractivity contribution in [3.63, 3.8) is 0 Å². The van der Waals surface area contributed by atoms with Crippen LogP contribution in [-0.2, 0) is 32.5 Å². The summed E-state index contributed by atoms with van der Waals surface area (Å²) in [6.45, 7) is 1.82. The lowest BCUT2D eigenvalue weighted by Gasteiger charge is -2.11. The number of hydrogen-bond acceptors (Lipinski definition) is 8. The molecule has 3 aromatic rings. The Hall–Kier alpha value is -3.53. The molecule has 0 heterocycles. The summed E-state index contributed by atoms with van der Waals surface area (Å²) in [4.78, 5) is 19.4. The number of rotatable bonds is 8. The molecule has 188 valence electrons. The van der Waals surface area contributed by atoms with Gasteiger partial charge in [0.1, 0.15) is 10.1 Å². The highest BCUT2D eigenvalue weighted by Gasteiger charge is 2.01. The highest BCUT2D eigenvalue weighted by molar-refractivity contribution is 7.85. The van der Waals surface area contributed by atoms with Crippen molar-refractivity contribution >= 4 is 22.1 Å². The van der Waals surface area contributed by atoms with Gasteiger partial charge in [0.25, 0.3) is 0 Å². The molecule has 0 aliphatic carbocycles. The van der Waals surface area contributed by atoms with Crippen molar-refractivity contribution < 1.29 is 32.8 Å². The highest BCUT2D eigenvalue weighted by atomic mass is 32.2. The molecule has 0 aliphatic heterocycles. The molecular formula is C26H28NO7S-3. The van der Waals surface area contributed by atoms with Gasteiger partial charge in [0, 0.05) is 12.0 Å². The van der Waals surface area contributed by atoms with Crippen molar-refractivity contribution in [2.45, 2.75) is 43.5 Å². The molecular weight excluding hydrogens is 470 g/mol. The van der Waals surface area contributed by atoms with E-state index in [1.54, 1.807) is 12.1 Å². The molecule has 8 nitrogen and oxygen atoms in total. The predicted molar refractivity (Wildman–Crippen MR) is 127 cm³/mol. The third-order valence-electron chi connectivity index (χ3n) is 4.66. The van der Waals surface area contributed by atoms with Gasteiger partial charge in [-0.15, -0.1) is 0 Å². The van der Waals surface area contributed by atoms with Crippen molar-refractivity contribution in [1.82, 2.24) is 0 Å². The topological polar surface area (TPSA) is 163 Å². The zero-order valence-corrected chi connectivity index (χ0v) is 20.1. The number of carboxylic acids is 2. The molecule has 2 N–H and O–H groups in total. The predicted octanol–water partition coefficient (Wildman–Crippen LogP) is 0.965. The lowest BCUT2D eigenvalue weighted by molar-refractivity contribution is -0.309. The number of benzene rings is 3. The van der Waals surface area contributed by atoms with Gasteiger partial charge in [-0.2, -0.15) is 0 Å². The number of aryl methyl sites for hydroxylation is 3. The van der Waals surface area contributed by atoms with Crippen molar-refractivity contribution in [2.24, 2.45) is 5.73 Å². The smallest absolute Gasteiger partial charge is 0.124 e. The normalized spacial score (nSPS) is 11.2. The Labute approximate surface area is 205 Å². The van der Waals surface area contributed by atoms with Crippen LogP contribution in [0.5, 0.6) is 0 Å². The number of nitrogens with two attached hydrogens (primary N) is 1. The number of aliphatic carboxylic acids is 2. The van der Waals surface area contributed by atoms with Crippen LogP contribution >= 0.6 is 0 Å². The fraction of sp³-hybridized carbons (Fsp3) is 0.231. The van der Waals surface area contributed by atoms with Crippen LogP contribution in [0.1, 0.15) is 29.5 Å². The fourth-order valence-corrected chi connectivity index (χ4v) is 3.14. The Morgan fingerprint density at radius 1 is 0.800 bits per heavy atom. The molecule has 0 aliphatic rings. The van der Waals surface area contributed by atoms with E-state index in [4.69, 9.17) is 5.73 Å². The third kappa shape index (κ3) is 13.7. The summed E-state index contributed by atoms with van der Waals surface area (Å²) < 4.78 is 31.2. The summed E-state index contributed by atoms with van der Waals surface area (Å²) in [5.41, 5.74) is 8.67. The summed E-state index contributed by atoms with van der Waals surface area (Å²) in [5.74, 6) is -2.75. The van der Waals surface area contributed by atoms with Crippen LogP contribution in [0.2, 0.25) is 0 Å². The molecule has 0 amide bonds. The molecule has 0 fully saturated rings. The van der Waals surface area contributed by atoms with Gasteiger partial charge in [-0.25, -0.2) is 8.42 Å². The van der Waals surface area contributed by atoms with Gasteiger partial charge in [0.05, 0.1) is 10.9 Å². The largest absolute Gasteiger partial charge is 0.744 e. The minimum atomic E-state index is -4.27. The molecule has 0 spiro atoms. The number of carbonyl (C=O) groups is 2. The Bertz CT molecular complexity index is 1090. The van der Waals surface area contributed by atoms with Crippen LogP contribution in [-0.4, -0.2) is 31.0 Å². The summed E-state index contributed by atoms with van der Waals surface area (Å²) >= 11 is 0. The van der Waals surface area contributed by atoms with Crippen LogP contribution in [0.4, 0.5) is 0 Å². The summed E-state index contributed by atoms with van der Waals surface area (Å²) in [6, 6.07) is 25.8. The third-order valence-corrected chi connectivity index (χ3v) is 5.51. The SMILES string of the molecule is Cc1ccc(S(=O)(=O)[O-])cc1.NC(CCC(=O)[O-])C(=O)[O-].c1ccc(CCc2ccccc2)cc1. The Morgan fingerprint density at radius 2 is 1.23 bits per heavy atom. The minimum absolute atomic E-state index is 0.148. The van der Waals surface area contributed by atoms with Gasteiger partial charge < -0.3 is 30.1 Å². The van der Waals surface area contributed by atoms with Gasteiger partial charge in [0.15, 0.2) is 0 Å². The van der Waals surface area contributed by atoms with Gasteiger partial charge in [-0.1, -0.05) is 78.4 Å². The quantitative estimate of drug-likeness (QED) is 0.449. The molecule has 0 saturated carbocycles. The van der Waals surface area contributed by atoms with Crippen LogP contribution in [0, 0.1) is 6.92 Å². The first kappa shape index (κ1) is 29.5. The average Bonchev–Trinajstić information content (AvgIpc) is 2.83. The number of carbonyl (C=O) groups excluding carboxylic acids is 2. The lowest BCUT2D eigenvalue weighted by atomic mass is 10.0. The second kappa shape index (κ2) is 15.4. The maximum absolute atomic E-state index is 10.4. The summed E-state index contributed by atoms with van der Waals surface area (Å²) in [7, 11) is -4.27. The maximum atomic E-state index is 10.4. The van der Waals surface area contributed by atoms with E-state index >= 15 is 0 Å². The van der Waals surface area contributed by atoms with E-state index < -0.39 is 28.1 Å². The van der Waals surface area contributed by atoms with Crippen molar-refractivity contribution in [2.75, 3.05) is 0 Å². The van der Waals surface area contributed by atoms with Gasteiger partial charge in [0.2, 0.25) is 0 Å². The van der Waals surface area contributed by atoms with Gasteiger partial charge >= 0.3 is 0 Å². The monoisotopic (exact) mass is 498 g/mol. The Balaban J connectivity index is 0.000000268. The molecule has 35 heavy (non-hydrogen) atoms. The molecule has 1 atom stereocenters. The zero-order chi connectivity index (χ0) is 26.3. The summed E-state index contributed by atoms with van der Waals surface area (Å²) in [6.07, 6.45) is 1.76. The molecule has 9 heteroatoms. The number of hydrogen-bond donors (Lipinski definition) is 1. The van der Waals surface area contributed by atoms with E-state index in [2.05, 4.69) is 60.7 Å². The van der Waals surface area contributed by atoms with E-state index in [0.717, 1.165) is 18.4 Å². The van der Waals surface area contributed by atoms with E-state index in [1.165, 1.54) is 23.3 Å². The molecule has 1 unspecified atom stereocenters. The van der Waals surface area contributed by atoms with Crippen LogP contribution in [0.25, 0.3) is 0 Å². The Morgan fingerprint density at radius 3 is 1.57 bits per heavy atom. The average molecular weight is 499 g/mol. The zero-order valence-electron chi connectivity index (χ0n) is 19.3. The van der Waals surface area contributed by atoms with Crippen LogP contribution in [0.3, 0.4) is 0 Å². The van der Waals surface area contributed by atoms with Crippen molar-refractivity contribution in [3.8, 4) is 0 Å². The lowest BCUT2D eigenvalue weighted by Crippen LogP contribution is -2.42. The molecule has 3 aromatic carbocycles. The highest BCUT2D eigenvalue weighted by Crippen LogP contribution is 2.08. The molecule has 0 saturated heterocycles. The minimum Gasteiger partial charge on any atom is -0.744 e. The van der Waals surface area contributed by atoms with E-state index in [0.29, 0.717) is 0 Å². The number of carboxylic acid groups (broad SMARTS) is 2. The molecule has 0 radical (unpaired) electrons. The van der Waals surface area contributed by atoms with Crippen molar-refractivity contribution in [3.05, 3.63) is 102 Å². The first-order valence-corrected chi connectivity index (χ1v) is 12.2. The van der Waals surface area contributed by atoms with Crippen LogP contribution in [0.15, 0.2) is 89.8 Å². The first-order valence-electron chi connectivity index (χ1n) is 10.8. The Kier molecular flexibility index (Phi) is 13.0. The van der Waals surface area contributed by atoms with Gasteiger partial charge in [-0.3, -0.25) is 0 Å². The second-order valence-electron chi connectivity index (χ2n) is 7.57. The molecule has 0 bridgehead atoms. The first-order chi connectivity index (χ1) is 16.5. The van der Waals surface area contributed by atoms with Crippen LogP contribution < -0.4 is 15.9 Å². The maximum Gasteiger partial charge on any atom is 0.124 e. The standard InChI is InChI=1S/C14H14.C7H8O3S.C5H9NO4/c1-3-7-13(8-4-1)11-12-14-9-5-2-6-10-14;1-6-2-4-7(5-3-6)11(8,9)10;6-3(5(9)10)1-2-4(7)8/h1-10H,11-12H2;2-5H,1H3,(H,8,9,10);3H,1-2,6H2,(H,7,8)(H,9,10)/p-3. The van der Waals surface area contributed by atoms with Crippen molar-refractivity contribution in [1.29, 1.82) is 0 Å².